The van der Waals surface area contributed by atoms with Gasteiger partial charge in [-0.15, -0.1) is 0 Å². The third-order valence-electron chi connectivity index (χ3n) is 3.51. The molecule has 120 valence electrons. The van der Waals surface area contributed by atoms with Crippen molar-refractivity contribution in [3.05, 3.63) is 65.7 Å². The third-order valence-corrected chi connectivity index (χ3v) is 3.51. The molecule has 2 rings (SSSR count). The van der Waals surface area contributed by atoms with Crippen LogP contribution in [0.15, 0.2) is 54.6 Å². The number of amides is 2. The van der Waals surface area contributed by atoms with E-state index in [1.54, 1.807) is 30.3 Å². The summed E-state index contributed by atoms with van der Waals surface area (Å²) in [6.07, 6.45) is -1.26. The van der Waals surface area contributed by atoms with Crippen LogP contribution in [0.4, 0.5) is 5.69 Å². The summed E-state index contributed by atoms with van der Waals surface area (Å²) in [5.41, 5.74) is 7.32. The molecule has 0 spiro atoms. The Hall–Kier alpha value is -2.66. The number of benzene rings is 2. The van der Waals surface area contributed by atoms with Crippen LogP contribution in [0.1, 0.15) is 23.7 Å². The smallest absolute Gasteiger partial charge is 0.260 e. The lowest BCUT2D eigenvalue weighted by Gasteiger charge is -2.25. The Bertz CT molecular complexity index is 686. The Morgan fingerprint density at radius 3 is 2.43 bits per heavy atom. The van der Waals surface area contributed by atoms with E-state index in [0.717, 1.165) is 5.56 Å². The number of hydrogen-bond donors (Lipinski definition) is 2. The topological polar surface area (TPSA) is 83.6 Å². The number of nitrogens with zero attached hydrogens (tertiary/aromatic N) is 1. The fourth-order valence-corrected chi connectivity index (χ4v) is 2.31. The number of carbonyl (C=O) groups excluding carboxylic acids is 2. The van der Waals surface area contributed by atoms with E-state index in [-0.39, 0.29) is 13.0 Å². The van der Waals surface area contributed by atoms with Crippen molar-refractivity contribution in [3.63, 3.8) is 0 Å². The van der Waals surface area contributed by atoms with Gasteiger partial charge in [0.25, 0.3) is 5.91 Å². The van der Waals surface area contributed by atoms with Crippen LogP contribution in [-0.2, 0) is 9.59 Å². The quantitative estimate of drug-likeness (QED) is 0.855. The number of aliphatic hydroxyl groups is 1. The van der Waals surface area contributed by atoms with Crippen molar-refractivity contribution in [1.29, 1.82) is 0 Å². The molecule has 0 heterocycles. The molecule has 2 aromatic carbocycles. The molecule has 0 radical (unpaired) electrons. The minimum absolute atomic E-state index is 0.0290. The molecule has 0 aliphatic heterocycles. The minimum atomic E-state index is -1.29. The summed E-state index contributed by atoms with van der Waals surface area (Å²) in [7, 11) is 0. The number of primary amides is 1. The van der Waals surface area contributed by atoms with Crippen LogP contribution in [0.3, 0.4) is 0 Å². The molecule has 0 aliphatic carbocycles. The fourth-order valence-electron chi connectivity index (χ4n) is 2.31. The van der Waals surface area contributed by atoms with Crippen molar-refractivity contribution in [2.45, 2.75) is 19.4 Å². The molecule has 0 bridgehead atoms. The summed E-state index contributed by atoms with van der Waals surface area (Å²) in [4.78, 5) is 25.2. The van der Waals surface area contributed by atoms with Crippen molar-refractivity contribution in [3.8, 4) is 0 Å². The second-order valence-electron chi connectivity index (χ2n) is 5.36. The maximum Gasteiger partial charge on any atom is 0.260 e. The van der Waals surface area contributed by atoms with Gasteiger partial charge < -0.3 is 15.7 Å². The number of nitrogens with two attached hydrogens (primary N) is 1. The first kappa shape index (κ1) is 16.7. The summed E-state index contributed by atoms with van der Waals surface area (Å²) in [6.45, 7) is 2.04. The lowest BCUT2D eigenvalue weighted by atomic mass is 10.1. The molecular formula is C18H20N2O3. The molecule has 3 N–H and O–H groups in total. The predicted octanol–water partition coefficient (Wildman–Crippen LogP) is 1.94. The zero-order valence-electron chi connectivity index (χ0n) is 13.0. The molecule has 23 heavy (non-hydrogen) atoms. The lowest BCUT2D eigenvalue weighted by molar-refractivity contribution is -0.127. The van der Waals surface area contributed by atoms with Gasteiger partial charge >= 0.3 is 0 Å². The van der Waals surface area contributed by atoms with Gasteiger partial charge in [-0.3, -0.25) is 9.59 Å². The Morgan fingerprint density at radius 1 is 1.13 bits per heavy atom. The summed E-state index contributed by atoms with van der Waals surface area (Å²) in [5, 5.41) is 10.3. The summed E-state index contributed by atoms with van der Waals surface area (Å²) < 4.78 is 0. The summed E-state index contributed by atoms with van der Waals surface area (Å²) >= 11 is 0. The van der Waals surface area contributed by atoms with E-state index in [2.05, 4.69) is 0 Å². The summed E-state index contributed by atoms with van der Waals surface area (Å²) in [6, 6.07) is 16.0. The minimum Gasteiger partial charge on any atom is -0.378 e. The van der Waals surface area contributed by atoms with Gasteiger partial charge in [-0.1, -0.05) is 42.5 Å². The highest BCUT2D eigenvalue weighted by Gasteiger charge is 2.25. The Morgan fingerprint density at radius 2 is 1.83 bits per heavy atom. The van der Waals surface area contributed by atoms with E-state index in [9.17, 15) is 14.7 Å². The molecule has 0 saturated carbocycles. The molecule has 0 aromatic heterocycles. The van der Waals surface area contributed by atoms with Crippen LogP contribution in [-0.4, -0.2) is 23.5 Å². The van der Waals surface area contributed by atoms with E-state index in [0.29, 0.717) is 11.3 Å². The second kappa shape index (κ2) is 7.56. The van der Waals surface area contributed by atoms with Crippen LogP contribution in [0, 0.1) is 6.92 Å². The van der Waals surface area contributed by atoms with Gasteiger partial charge in [0.2, 0.25) is 5.91 Å². The highest BCUT2D eigenvalue weighted by molar-refractivity contribution is 5.97. The molecule has 0 saturated heterocycles. The molecule has 1 unspecified atom stereocenters. The number of aryl methyl sites for hydroxylation is 1. The monoisotopic (exact) mass is 312 g/mol. The van der Waals surface area contributed by atoms with Crippen molar-refractivity contribution in [2.24, 2.45) is 5.73 Å². The van der Waals surface area contributed by atoms with Gasteiger partial charge in [0.15, 0.2) is 6.10 Å². The first-order valence-electron chi connectivity index (χ1n) is 7.38. The Balaban J connectivity index is 2.29. The molecule has 0 fully saturated rings. The highest BCUT2D eigenvalue weighted by atomic mass is 16.3. The van der Waals surface area contributed by atoms with Gasteiger partial charge in [-0.2, -0.15) is 0 Å². The molecule has 1 atom stereocenters. The van der Waals surface area contributed by atoms with Crippen molar-refractivity contribution in [1.82, 2.24) is 0 Å². The highest BCUT2D eigenvalue weighted by Crippen LogP contribution is 2.22. The number of rotatable bonds is 6. The van der Waals surface area contributed by atoms with Crippen LogP contribution in [0.25, 0.3) is 0 Å². The summed E-state index contributed by atoms with van der Waals surface area (Å²) in [5.74, 6) is -0.979. The number of hydrogen-bond acceptors (Lipinski definition) is 3. The van der Waals surface area contributed by atoms with Gasteiger partial charge in [-0.25, -0.2) is 0 Å². The molecule has 2 aromatic rings. The third kappa shape index (κ3) is 4.40. The van der Waals surface area contributed by atoms with E-state index in [1.807, 2.05) is 31.2 Å². The first-order valence-corrected chi connectivity index (χ1v) is 7.38. The van der Waals surface area contributed by atoms with Crippen LogP contribution < -0.4 is 10.6 Å². The van der Waals surface area contributed by atoms with Gasteiger partial charge in [0.1, 0.15) is 0 Å². The normalized spacial score (nSPS) is 11.7. The average molecular weight is 312 g/mol. The van der Waals surface area contributed by atoms with E-state index < -0.39 is 17.9 Å². The van der Waals surface area contributed by atoms with Crippen molar-refractivity contribution >= 4 is 17.5 Å². The second-order valence-corrected chi connectivity index (χ2v) is 5.36. The fraction of sp³-hybridized carbons (Fsp3) is 0.222. The van der Waals surface area contributed by atoms with Crippen LogP contribution in [0.2, 0.25) is 0 Å². The first-order chi connectivity index (χ1) is 11.0. The van der Waals surface area contributed by atoms with E-state index in [4.69, 9.17) is 5.73 Å². The van der Waals surface area contributed by atoms with E-state index >= 15 is 0 Å². The number of aliphatic hydroxyl groups excluding tert-OH is 1. The largest absolute Gasteiger partial charge is 0.378 e. The predicted molar refractivity (Wildman–Crippen MR) is 88.7 cm³/mol. The SMILES string of the molecule is Cc1cccc(N(CCC(N)=O)C(=O)C(O)c2ccccc2)c1. The molecule has 5 heteroatoms. The van der Waals surface area contributed by atoms with Crippen molar-refractivity contribution in [2.75, 3.05) is 11.4 Å². The molecule has 5 nitrogen and oxygen atoms in total. The standard InChI is InChI=1S/C18H20N2O3/c1-13-6-5-9-15(12-13)20(11-10-16(19)21)18(23)17(22)14-7-3-2-4-8-14/h2-9,12,17,22H,10-11H2,1H3,(H2,19,21). The molecular weight excluding hydrogens is 292 g/mol. The number of anilines is 1. The van der Waals surface area contributed by atoms with Gasteiger partial charge in [-0.05, 0) is 30.2 Å². The average Bonchev–Trinajstić information content (AvgIpc) is 2.55. The zero-order chi connectivity index (χ0) is 16.8. The lowest BCUT2D eigenvalue weighted by Crippen LogP contribution is -2.37. The van der Waals surface area contributed by atoms with E-state index in [1.165, 1.54) is 4.90 Å². The zero-order valence-corrected chi connectivity index (χ0v) is 13.0. The van der Waals surface area contributed by atoms with Gasteiger partial charge in [0, 0.05) is 18.7 Å². The van der Waals surface area contributed by atoms with Crippen LogP contribution >= 0.6 is 0 Å². The van der Waals surface area contributed by atoms with Crippen LogP contribution in [0.5, 0.6) is 0 Å². The molecule has 0 aliphatic rings. The molecule has 2 amide bonds. The van der Waals surface area contributed by atoms with Gasteiger partial charge in [0.05, 0.1) is 0 Å². The Kier molecular flexibility index (Phi) is 5.49. The maximum atomic E-state index is 12.7. The maximum absolute atomic E-state index is 12.7. The number of carbonyl (C=O) groups is 2. The Labute approximate surface area is 135 Å². The van der Waals surface area contributed by atoms with Crippen molar-refractivity contribution < 1.29 is 14.7 Å².